The lowest BCUT2D eigenvalue weighted by molar-refractivity contribution is 0.318. The van der Waals surface area contributed by atoms with Gasteiger partial charge >= 0.3 is 0 Å². The van der Waals surface area contributed by atoms with Crippen molar-refractivity contribution < 1.29 is 0 Å². The Balaban J connectivity index is 6.01. The number of rotatable bonds is 14. The molecule has 0 aromatic rings. The van der Waals surface area contributed by atoms with Crippen LogP contribution in [0.2, 0.25) is 0 Å². The molecular weight excluding hydrogens is 303 g/mol. The summed E-state index contributed by atoms with van der Waals surface area (Å²) in [4.78, 5) is 0. The Morgan fingerprint density at radius 2 is 1.00 bits per heavy atom. The molecular formula is C18H43N4P. The molecule has 5 heteroatoms. The van der Waals surface area contributed by atoms with Crippen LogP contribution in [0.1, 0.15) is 74.1 Å². The minimum Gasteiger partial charge on any atom is -0.261 e. The van der Waals surface area contributed by atoms with Gasteiger partial charge in [0.2, 0.25) is 0 Å². The van der Waals surface area contributed by atoms with Crippen LogP contribution in [-0.2, 0) is 0 Å². The van der Waals surface area contributed by atoms with E-state index in [1.807, 2.05) is 0 Å². The first-order valence-corrected chi connectivity index (χ1v) is 11.6. The van der Waals surface area contributed by atoms with Crippen LogP contribution in [0.4, 0.5) is 0 Å². The largest absolute Gasteiger partial charge is 0.261 e. The van der Waals surface area contributed by atoms with E-state index in [9.17, 15) is 0 Å². The zero-order valence-electron chi connectivity index (χ0n) is 17.0. The molecule has 0 atom stereocenters. The van der Waals surface area contributed by atoms with E-state index < -0.39 is 7.51 Å². The van der Waals surface area contributed by atoms with Gasteiger partial charge in [0.15, 0.2) is 7.51 Å². The van der Waals surface area contributed by atoms with E-state index in [2.05, 4.69) is 62.5 Å². The van der Waals surface area contributed by atoms with Crippen LogP contribution in [0.15, 0.2) is 4.74 Å². The topological polar surface area (TPSA) is 22.1 Å². The van der Waals surface area contributed by atoms with Crippen LogP contribution in [0.25, 0.3) is 0 Å². The van der Waals surface area contributed by atoms with Crippen molar-refractivity contribution in [2.24, 2.45) is 4.74 Å². The summed E-state index contributed by atoms with van der Waals surface area (Å²) in [5.41, 5.74) is 0. The van der Waals surface area contributed by atoms with Crippen LogP contribution in [-0.4, -0.2) is 59.8 Å². The van der Waals surface area contributed by atoms with E-state index in [1.165, 1.54) is 38.8 Å². The van der Waals surface area contributed by atoms with Gasteiger partial charge in [-0.05, 0) is 19.8 Å². The highest BCUT2D eigenvalue weighted by Gasteiger charge is 2.36. The standard InChI is InChI=1S/C18H43N4P/c1-8-15-17-22(18-16-9-2)23(19-10-3,20(11-4)12-5)21(13-6)14-7/h8-18H2,1-7H3. The van der Waals surface area contributed by atoms with Gasteiger partial charge in [0.1, 0.15) is 0 Å². The number of nitrogens with zero attached hydrogens (tertiary/aromatic N) is 4. The molecule has 0 radical (unpaired) electrons. The molecule has 0 aliphatic carbocycles. The summed E-state index contributed by atoms with van der Waals surface area (Å²) in [5.74, 6) is 0. The van der Waals surface area contributed by atoms with Gasteiger partial charge in [0.05, 0.1) is 0 Å². The van der Waals surface area contributed by atoms with E-state index >= 15 is 0 Å². The highest BCUT2D eigenvalue weighted by molar-refractivity contribution is 7.59. The molecule has 0 amide bonds. The molecule has 0 saturated carbocycles. The summed E-state index contributed by atoms with van der Waals surface area (Å²) in [6, 6.07) is 0. The second-order valence-corrected chi connectivity index (χ2v) is 8.99. The molecule has 0 unspecified atom stereocenters. The molecule has 0 rings (SSSR count). The first kappa shape index (κ1) is 23.1. The van der Waals surface area contributed by atoms with Gasteiger partial charge in [-0.15, -0.1) is 0 Å². The second kappa shape index (κ2) is 13.4. The van der Waals surface area contributed by atoms with Gasteiger partial charge < -0.3 is 0 Å². The Labute approximate surface area is 146 Å². The molecule has 0 aromatic heterocycles. The molecule has 23 heavy (non-hydrogen) atoms. The van der Waals surface area contributed by atoms with E-state index in [4.69, 9.17) is 4.74 Å². The van der Waals surface area contributed by atoms with Gasteiger partial charge in [0, 0.05) is 45.8 Å². The lowest BCUT2D eigenvalue weighted by Gasteiger charge is -2.49. The zero-order valence-corrected chi connectivity index (χ0v) is 17.9. The lowest BCUT2D eigenvalue weighted by atomic mass is 10.3. The Hall–Kier alpha value is 0.110. The molecule has 0 aliphatic rings. The maximum absolute atomic E-state index is 5.33. The molecule has 0 aromatic carbocycles. The molecule has 4 nitrogen and oxygen atoms in total. The Morgan fingerprint density at radius 3 is 1.26 bits per heavy atom. The average molecular weight is 347 g/mol. The predicted molar refractivity (Wildman–Crippen MR) is 107 cm³/mol. The number of hydrogen-bond acceptors (Lipinski definition) is 1. The molecule has 0 aliphatic heterocycles. The first-order chi connectivity index (χ1) is 11.1. The van der Waals surface area contributed by atoms with Crippen LogP contribution in [0.5, 0.6) is 0 Å². The molecule has 0 heterocycles. The fraction of sp³-hybridized carbons (Fsp3) is 1.00. The Bertz CT molecular complexity index is 301. The molecule has 0 fully saturated rings. The number of unbranched alkanes of at least 4 members (excludes halogenated alkanes) is 2. The number of hydrogen-bond donors (Lipinski definition) is 0. The van der Waals surface area contributed by atoms with Crippen molar-refractivity contribution in [1.82, 2.24) is 14.0 Å². The second-order valence-electron chi connectivity index (χ2n) is 5.93. The molecule has 0 spiro atoms. The first-order valence-electron chi connectivity index (χ1n) is 9.96. The highest BCUT2D eigenvalue weighted by atomic mass is 31.2. The van der Waals surface area contributed by atoms with Crippen molar-refractivity contribution in [3.05, 3.63) is 0 Å². The lowest BCUT2D eigenvalue weighted by Crippen LogP contribution is -2.42. The quantitative estimate of drug-likeness (QED) is 0.386. The van der Waals surface area contributed by atoms with Gasteiger partial charge in [-0.1, -0.05) is 54.4 Å². The van der Waals surface area contributed by atoms with Gasteiger partial charge in [0.25, 0.3) is 0 Å². The van der Waals surface area contributed by atoms with Crippen molar-refractivity contribution in [1.29, 1.82) is 0 Å². The molecule has 140 valence electrons. The maximum Gasteiger partial charge on any atom is 0.167 e. The smallest absolute Gasteiger partial charge is 0.167 e. The summed E-state index contributed by atoms with van der Waals surface area (Å²) in [5, 5.41) is 0. The summed E-state index contributed by atoms with van der Waals surface area (Å²) in [7, 11) is -1.76. The summed E-state index contributed by atoms with van der Waals surface area (Å²) in [6.45, 7) is 23.6. The van der Waals surface area contributed by atoms with Crippen molar-refractivity contribution in [3.8, 4) is 0 Å². The fourth-order valence-corrected chi connectivity index (χ4v) is 7.59. The van der Waals surface area contributed by atoms with Crippen molar-refractivity contribution in [2.75, 3.05) is 45.8 Å². The Kier molecular flexibility index (Phi) is 13.5. The molecule has 0 saturated heterocycles. The Morgan fingerprint density at radius 1 is 0.609 bits per heavy atom. The third-order valence-corrected chi connectivity index (χ3v) is 8.94. The van der Waals surface area contributed by atoms with Crippen LogP contribution >= 0.6 is 7.51 Å². The van der Waals surface area contributed by atoms with Crippen LogP contribution < -0.4 is 0 Å². The van der Waals surface area contributed by atoms with E-state index in [-0.39, 0.29) is 0 Å². The minimum absolute atomic E-state index is 0.912. The monoisotopic (exact) mass is 346 g/mol. The van der Waals surface area contributed by atoms with Crippen LogP contribution in [0.3, 0.4) is 0 Å². The SMILES string of the molecule is CCCCN(CCCC)P(=NCC)(N(CC)CC)N(CC)CC. The van der Waals surface area contributed by atoms with Gasteiger partial charge in [-0.25, -0.2) is 14.0 Å². The highest BCUT2D eigenvalue weighted by Crippen LogP contribution is 2.59. The maximum atomic E-state index is 5.33. The average Bonchev–Trinajstić information content (AvgIpc) is 2.57. The van der Waals surface area contributed by atoms with E-state index in [0.29, 0.717) is 0 Å². The summed E-state index contributed by atoms with van der Waals surface area (Å²) in [6.07, 6.45) is 5.05. The van der Waals surface area contributed by atoms with E-state index in [1.54, 1.807) is 0 Å². The summed E-state index contributed by atoms with van der Waals surface area (Å²) < 4.78 is 13.4. The molecule has 0 bridgehead atoms. The third-order valence-electron chi connectivity index (χ3n) is 4.47. The zero-order chi connectivity index (χ0) is 17.7. The minimum atomic E-state index is -1.76. The van der Waals surface area contributed by atoms with Gasteiger partial charge in [-0.3, -0.25) is 4.74 Å². The molecule has 0 N–H and O–H groups in total. The summed E-state index contributed by atoms with van der Waals surface area (Å²) >= 11 is 0. The van der Waals surface area contributed by atoms with Crippen molar-refractivity contribution >= 4 is 7.51 Å². The van der Waals surface area contributed by atoms with Crippen LogP contribution in [0, 0.1) is 0 Å². The fourth-order valence-electron chi connectivity index (χ4n) is 3.26. The van der Waals surface area contributed by atoms with E-state index in [0.717, 1.165) is 32.7 Å². The van der Waals surface area contributed by atoms with Gasteiger partial charge in [-0.2, -0.15) is 0 Å². The predicted octanol–water partition coefficient (Wildman–Crippen LogP) is 5.54. The van der Waals surface area contributed by atoms with Crippen molar-refractivity contribution in [2.45, 2.75) is 74.1 Å². The van der Waals surface area contributed by atoms with Crippen molar-refractivity contribution in [3.63, 3.8) is 0 Å². The normalized spacial score (nSPS) is 12.6. The third kappa shape index (κ3) is 6.16.